The Morgan fingerprint density at radius 2 is 1.95 bits per heavy atom. The molecule has 1 nitrogen and oxygen atoms in total. The van der Waals surface area contributed by atoms with Gasteiger partial charge in [0, 0.05) is 10.0 Å². The van der Waals surface area contributed by atoms with E-state index in [9.17, 15) is 4.39 Å². The molecule has 0 saturated heterocycles. The predicted octanol–water partition coefficient (Wildman–Crippen LogP) is 5.98. The lowest BCUT2D eigenvalue weighted by Gasteiger charge is -2.22. The second kappa shape index (κ2) is 7.59. The van der Waals surface area contributed by atoms with Gasteiger partial charge in [0.25, 0.3) is 0 Å². The highest BCUT2D eigenvalue weighted by atomic mass is 79.9. The lowest BCUT2D eigenvalue weighted by molar-refractivity contribution is 0.546. The molecule has 112 valence electrons. The summed E-state index contributed by atoms with van der Waals surface area (Å²) in [5.74, 6) is -0.275. The van der Waals surface area contributed by atoms with Crippen molar-refractivity contribution in [1.29, 1.82) is 0 Å². The minimum Gasteiger partial charge on any atom is -0.306 e. The van der Waals surface area contributed by atoms with Crippen molar-refractivity contribution in [1.82, 2.24) is 5.32 Å². The second-order valence-corrected chi connectivity index (χ2v) is 6.40. The zero-order valence-corrected chi connectivity index (χ0v) is 14.6. The van der Waals surface area contributed by atoms with Crippen molar-refractivity contribution in [2.24, 2.45) is 0 Å². The normalized spacial score (nSPS) is 12.4. The van der Waals surface area contributed by atoms with Gasteiger partial charge in [-0.25, -0.2) is 4.39 Å². The van der Waals surface area contributed by atoms with E-state index >= 15 is 0 Å². The number of hydrogen-bond acceptors (Lipinski definition) is 1. The van der Waals surface area contributed by atoms with E-state index in [4.69, 9.17) is 23.2 Å². The van der Waals surface area contributed by atoms with Crippen LogP contribution in [0.2, 0.25) is 10.0 Å². The van der Waals surface area contributed by atoms with Crippen molar-refractivity contribution >= 4 is 39.1 Å². The zero-order valence-electron chi connectivity index (χ0n) is 11.5. The standard InChI is InChI=1S/C16H15BrCl2FN/c1-2-8-21-16(11-4-3-5-13(18)15(11)19)12-9-10(17)6-7-14(12)20/h3-7,9,16,21H,2,8H2,1H3. The van der Waals surface area contributed by atoms with Crippen LogP contribution in [-0.2, 0) is 0 Å². The minimum absolute atomic E-state index is 0.275. The molecule has 2 aromatic rings. The molecule has 0 spiro atoms. The number of rotatable bonds is 5. The van der Waals surface area contributed by atoms with Crippen LogP contribution in [0, 0.1) is 5.82 Å². The van der Waals surface area contributed by atoms with Gasteiger partial charge in [-0.1, -0.05) is 58.2 Å². The fourth-order valence-electron chi connectivity index (χ4n) is 2.16. The third kappa shape index (κ3) is 3.98. The van der Waals surface area contributed by atoms with E-state index in [1.54, 1.807) is 18.2 Å². The fraction of sp³-hybridized carbons (Fsp3) is 0.250. The smallest absolute Gasteiger partial charge is 0.128 e. The van der Waals surface area contributed by atoms with E-state index in [0.29, 0.717) is 15.6 Å². The summed E-state index contributed by atoms with van der Waals surface area (Å²) >= 11 is 15.8. The molecule has 5 heteroatoms. The second-order valence-electron chi connectivity index (χ2n) is 4.70. The average molecular weight is 391 g/mol. The quantitative estimate of drug-likeness (QED) is 0.661. The minimum atomic E-state index is -0.339. The Kier molecular flexibility index (Phi) is 6.06. The molecule has 0 bridgehead atoms. The van der Waals surface area contributed by atoms with Gasteiger partial charge < -0.3 is 5.32 Å². The van der Waals surface area contributed by atoms with E-state index in [0.717, 1.165) is 23.0 Å². The van der Waals surface area contributed by atoms with Gasteiger partial charge in [-0.15, -0.1) is 0 Å². The zero-order chi connectivity index (χ0) is 15.4. The van der Waals surface area contributed by atoms with E-state index in [2.05, 4.69) is 28.2 Å². The monoisotopic (exact) mass is 389 g/mol. The maximum absolute atomic E-state index is 14.2. The van der Waals surface area contributed by atoms with Crippen molar-refractivity contribution in [3.8, 4) is 0 Å². The number of halogens is 4. The van der Waals surface area contributed by atoms with Crippen molar-refractivity contribution < 1.29 is 4.39 Å². The Bertz CT molecular complexity index is 632. The van der Waals surface area contributed by atoms with Crippen LogP contribution < -0.4 is 5.32 Å². The summed E-state index contributed by atoms with van der Waals surface area (Å²) in [4.78, 5) is 0. The van der Waals surface area contributed by atoms with Gasteiger partial charge in [0.2, 0.25) is 0 Å². The van der Waals surface area contributed by atoms with Gasteiger partial charge in [0.1, 0.15) is 5.82 Å². The Labute approximate surface area is 142 Å². The molecule has 1 atom stereocenters. The summed E-state index contributed by atoms with van der Waals surface area (Å²) < 4.78 is 15.0. The van der Waals surface area contributed by atoms with Crippen LogP contribution in [0.15, 0.2) is 40.9 Å². The van der Waals surface area contributed by atoms with Crippen LogP contribution in [0.4, 0.5) is 4.39 Å². The molecule has 0 aliphatic heterocycles. The summed E-state index contributed by atoms with van der Waals surface area (Å²) in [6.45, 7) is 2.81. The highest BCUT2D eigenvalue weighted by molar-refractivity contribution is 9.10. The summed E-state index contributed by atoms with van der Waals surface area (Å²) in [7, 11) is 0. The summed E-state index contributed by atoms with van der Waals surface area (Å²) in [5.41, 5.74) is 1.32. The molecular formula is C16H15BrCl2FN. The van der Waals surface area contributed by atoms with Crippen LogP contribution in [-0.4, -0.2) is 6.54 Å². The summed E-state index contributed by atoms with van der Waals surface area (Å²) in [6, 6.07) is 9.95. The molecule has 0 aliphatic carbocycles. The maximum atomic E-state index is 14.2. The first-order chi connectivity index (χ1) is 10.0. The summed E-state index contributed by atoms with van der Waals surface area (Å²) in [5, 5.41) is 4.25. The van der Waals surface area contributed by atoms with E-state index in [-0.39, 0.29) is 11.9 Å². The Balaban J connectivity index is 2.52. The van der Waals surface area contributed by atoms with Gasteiger partial charge in [-0.3, -0.25) is 0 Å². The van der Waals surface area contributed by atoms with Crippen molar-refractivity contribution in [3.05, 3.63) is 67.9 Å². The molecule has 0 heterocycles. The van der Waals surface area contributed by atoms with Gasteiger partial charge in [0.05, 0.1) is 16.1 Å². The van der Waals surface area contributed by atoms with Crippen LogP contribution in [0.5, 0.6) is 0 Å². The molecule has 21 heavy (non-hydrogen) atoms. The molecule has 0 aliphatic rings. The first-order valence-corrected chi connectivity index (χ1v) is 8.21. The van der Waals surface area contributed by atoms with Crippen molar-refractivity contribution in [2.75, 3.05) is 6.54 Å². The third-order valence-corrected chi connectivity index (χ3v) is 4.49. The molecule has 0 aromatic heterocycles. The first kappa shape index (κ1) is 16.8. The van der Waals surface area contributed by atoms with Gasteiger partial charge in [0.15, 0.2) is 0 Å². The van der Waals surface area contributed by atoms with Gasteiger partial charge in [-0.05, 0) is 42.8 Å². The SMILES string of the molecule is CCCNC(c1cc(Br)ccc1F)c1cccc(Cl)c1Cl. The molecule has 0 saturated carbocycles. The molecule has 0 radical (unpaired) electrons. The van der Waals surface area contributed by atoms with Crippen LogP contribution >= 0.6 is 39.1 Å². The van der Waals surface area contributed by atoms with Crippen molar-refractivity contribution in [3.63, 3.8) is 0 Å². The fourth-order valence-corrected chi connectivity index (χ4v) is 2.95. The van der Waals surface area contributed by atoms with Gasteiger partial charge in [-0.2, -0.15) is 0 Å². The highest BCUT2D eigenvalue weighted by Gasteiger charge is 2.21. The maximum Gasteiger partial charge on any atom is 0.128 e. The third-order valence-electron chi connectivity index (χ3n) is 3.16. The lowest BCUT2D eigenvalue weighted by atomic mass is 9.98. The Morgan fingerprint density at radius 1 is 1.19 bits per heavy atom. The Morgan fingerprint density at radius 3 is 2.67 bits per heavy atom. The largest absolute Gasteiger partial charge is 0.306 e. The number of hydrogen-bond donors (Lipinski definition) is 1. The van der Waals surface area contributed by atoms with Crippen LogP contribution in [0.3, 0.4) is 0 Å². The molecule has 1 unspecified atom stereocenters. The molecule has 1 N–H and O–H groups in total. The van der Waals surface area contributed by atoms with Crippen LogP contribution in [0.1, 0.15) is 30.5 Å². The topological polar surface area (TPSA) is 12.0 Å². The average Bonchev–Trinajstić information content (AvgIpc) is 2.47. The predicted molar refractivity (Wildman–Crippen MR) is 90.7 cm³/mol. The Hall–Kier alpha value is -0.610. The molecule has 0 amide bonds. The van der Waals surface area contributed by atoms with E-state index < -0.39 is 0 Å². The molecule has 2 rings (SSSR count). The number of nitrogens with one attached hydrogen (secondary N) is 1. The molecule has 2 aromatic carbocycles. The molecule has 0 fully saturated rings. The first-order valence-electron chi connectivity index (χ1n) is 6.66. The highest BCUT2D eigenvalue weighted by Crippen LogP contribution is 2.35. The van der Waals surface area contributed by atoms with Gasteiger partial charge >= 0.3 is 0 Å². The van der Waals surface area contributed by atoms with E-state index in [1.165, 1.54) is 6.07 Å². The lowest BCUT2D eigenvalue weighted by Crippen LogP contribution is -2.24. The summed E-state index contributed by atoms with van der Waals surface area (Å²) in [6.07, 6.45) is 0.935. The number of benzene rings is 2. The van der Waals surface area contributed by atoms with Crippen LogP contribution in [0.25, 0.3) is 0 Å². The molecular weight excluding hydrogens is 376 g/mol. The van der Waals surface area contributed by atoms with Crippen molar-refractivity contribution in [2.45, 2.75) is 19.4 Å². The van der Waals surface area contributed by atoms with E-state index in [1.807, 2.05) is 12.1 Å².